The molecule has 0 fully saturated rings. The van der Waals surface area contributed by atoms with E-state index in [0.717, 1.165) is 30.2 Å². The topological polar surface area (TPSA) is 120 Å². The molecule has 0 amide bonds. The number of ether oxygens (including phenoxy) is 2. The fourth-order valence-electron chi connectivity index (χ4n) is 3.33. The van der Waals surface area contributed by atoms with Crippen molar-refractivity contribution in [2.45, 2.75) is 58.3 Å². The van der Waals surface area contributed by atoms with Gasteiger partial charge in [0, 0.05) is 31.6 Å². The van der Waals surface area contributed by atoms with Gasteiger partial charge >= 0.3 is 0 Å². The highest BCUT2D eigenvalue weighted by Gasteiger charge is 2.15. The summed E-state index contributed by atoms with van der Waals surface area (Å²) in [5.74, 6) is 1.26. The van der Waals surface area contributed by atoms with Gasteiger partial charge < -0.3 is 19.4 Å². The lowest BCUT2D eigenvalue weighted by Gasteiger charge is -2.13. The van der Waals surface area contributed by atoms with Crippen molar-refractivity contribution >= 4 is 21.7 Å². The third-order valence-electron chi connectivity index (χ3n) is 5.01. The molecule has 3 rings (SSSR count). The number of anilines is 2. The number of sulfonamides is 1. The molecule has 2 N–H and O–H groups in total. The highest BCUT2D eigenvalue weighted by molar-refractivity contribution is 7.89. The minimum absolute atomic E-state index is 0.118. The van der Waals surface area contributed by atoms with E-state index in [9.17, 15) is 8.42 Å². The van der Waals surface area contributed by atoms with E-state index in [1.807, 2.05) is 26.8 Å². The first-order valence-corrected chi connectivity index (χ1v) is 13.3. The molecule has 190 valence electrons. The monoisotopic (exact) mass is 502 g/mol. The van der Waals surface area contributed by atoms with E-state index in [0.29, 0.717) is 31.5 Å². The van der Waals surface area contributed by atoms with Crippen LogP contribution < -0.4 is 10.0 Å². The molecule has 0 saturated carbocycles. The van der Waals surface area contributed by atoms with Gasteiger partial charge in [-0.3, -0.25) is 0 Å². The molecule has 0 aliphatic carbocycles. The SMILES string of the molecule is CCCn1c(-c2ccnc(Nc3ccc(S(=O)(=O)NCCOCC)cc3)n2)cnc1COC(C)C. The van der Waals surface area contributed by atoms with Gasteiger partial charge in [0.15, 0.2) is 0 Å². The second-order valence-corrected chi connectivity index (χ2v) is 9.85. The van der Waals surface area contributed by atoms with E-state index in [-0.39, 0.29) is 17.5 Å². The van der Waals surface area contributed by atoms with Crippen LogP contribution in [-0.4, -0.2) is 53.8 Å². The van der Waals surface area contributed by atoms with Gasteiger partial charge in [-0.15, -0.1) is 0 Å². The molecule has 0 radical (unpaired) electrons. The van der Waals surface area contributed by atoms with Crippen LogP contribution in [0.15, 0.2) is 47.6 Å². The van der Waals surface area contributed by atoms with Gasteiger partial charge in [0.2, 0.25) is 16.0 Å². The van der Waals surface area contributed by atoms with E-state index in [1.165, 1.54) is 12.1 Å². The van der Waals surface area contributed by atoms with Crippen LogP contribution in [0.25, 0.3) is 11.4 Å². The van der Waals surface area contributed by atoms with E-state index in [2.05, 4.69) is 36.5 Å². The summed E-state index contributed by atoms with van der Waals surface area (Å²) in [5, 5.41) is 3.14. The quantitative estimate of drug-likeness (QED) is 0.320. The summed E-state index contributed by atoms with van der Waals surface area (Å²) < 4.78 is 40.4. The summed E-state index contributed by atoms with van der Waals surface area (Å²) in [5.41, 5.74) is 2.29. The van der Waals surface area contributed by atoms with Gasteiger partial charge in [-0.05, 0) is 57.5 Å². The number of nitrogens with zero attached hydrogens (tertiary/aromatic N) is 4. The first-order chi connectivity index (χ1) is 16.8. The largest absolute Gasteiger partial charge is 0.380 e. The lowest BCUT2D eigenvalue weighted by Crippen LogP contribution is -2.27. The number of hydrogen-bond acceptors (Lipinski definition) is 8. The Labute approximate surface area is 207 Å². The highest BCUT2D eigenvalue weighted by Crippen LogP contribution is 2.23. The van der Waals surface area contributed by atoms with Crippen LogP contribution in [0.4, 0.5) is 11.6 Å². The molecular weight excluding hydrogens is 468 g/mol. The second kappa shape index (κ2) is 12.7. The van der Waals surface area contributed by atoms with Crippen molar-refractivity contribution in [2.24, 2.45) is 0 Å². The lowest BCUT2D eigenvalue weighted by molar-refractivity contribution is 0.0595. The molecular formula is C24H34N6O4S. The van der Waals surface area contributed by atoms with E-state index < -0.39 is 10.0 Å². The van der Waals surface area contributed by atoms with Gasteiger partial charge in [0.05, 0.1) is 35.2 Å². The van der Waals surface area contributed by atoms with Crippen molar-refractivity contribution in [1.82, 2.24) is 24.2 Å². The maximum absolute atomic E-state index is 12.4. The van der Waals surface area contributed by atoms with Crippen molar-refractivity contribution in [3.63, 3.8) is 0 Å². The number of nitrogens with one attached hydrogen (secondary N) is 2. The third-order valence-corrected chi connectivity index (χ3v) is 6.49. The molecule has 0 atom stereocenters. The van der Waals surface area contributed by atoms with Gasteiger partial charge in [-0.25, -0.2) is 28.1 Å². The number of hydrogen-bond donors (Lipinski definition) is 2. The number of imidazole rings is 1. The zero-order chi connectivity index (χ0) is 25.3. The summed E-state index contributed by atoms with van der Waals surface area (Å²) in [7, 11) is -3.60. The maximum atomic E-state index is 12.4. The van der Waals surface area contributed by atoms with Crippen LogP contribution in [0.5, 0.6) is 0 Å². The Hall–Kier alpha value is -2.86. The molecule has 0 bridgehead atoms. The van der Waals surface area contributed by atoms with Crippen molar-refractivity contribution < 1.29 is 17.9 Å². The van der Waals surface area contributed by atoms with Crippen LogP contribution >= 0.6 is 0 Å². The maximum Gasteiger partial charge on any atom is 0.240 e. The van der Waals surface area contributed by atoms with Crippen molar-refractivity contribution in [2.75, 3.05) is 25.1 Å². The van der Waals surface area contributed by atoms with Gasteiger partial charge in [0.25, 0.3) is 0 Å². The van der Waals surface area contributed by atoms with Crippen LogP contribution in [-0.2, 0) is 32.6 Å². The van der Waals surface area contributed by atoms with Crippen molar-refractivity contribution in [1.29, 1.82) is 0 Å². The fourth-order valence-corrected chi connectivity index (χ4v) is 4.35. The van der Waals surface area contributed by atoms with Crippen LogP contribution in [0.1, 0.15) is 39.9 Å². The molecule has 2 heterocycles. The lowest BCUT2D eigenvalue weighted by atomic mass is 10.3. The predicted octanol–water partition coefficient (Wildman–Crippen LogP) is 3.73. The van der Waals surface area contributed by atoms with Crippen LogP contribution in [0.2, 0.25) is 0 Å². The second-order valence-electron chi connectivity index (χ2n) is 8.08. The highest BCUT2D eigenvalue weighted by atomic mass is 32.2. The number of aromatic nitrogens is 4. The van der Waals surface area contributed by atoms with Crippen molar-refractivity contribution in [3.8, 4) is 11.4 Å². The number of benzene rings is 1. The Morgan fingerprint density at radius 1 is 1.09 bits per heavy atom. The molecule has 1 aromatic carbocycles. The molecule has 11 heteroatoms. The summed E-state index contributed by atoms with van der Waals surface area (Å²) in [6.07, 6.45) is 4.55. The van der Waals surface area contributed by atoms with Crippen LogP contribution in [0.3, 0.4) is 0 Å². The van der Waals surface area contributed by atoms with E-state index in [1.54, 1.807) is 24.5 Å². The standard InChI is InChI=1S/C24H34N6O4S/c1-5-14-30-22(16-26-23(30)17-34-18(3)4)21-11-12-25-24(29-21)28-19-7-9-20(10-8-19)35(31,32)27-13-15-33-6-2/h7-12,16,18,27H,5-6,13-15,17H2,1-4H3,(H,25,28,29). The Bertz CT molecular complexity index is 1180. The molecule has 0 spiro atoms. The Kier molecular flexibility index (Phi) is 9.73. The molecule has 0 unspecified atom stereocenters. The predicted molar refractivity (Wildman–Crippen MR) is 135 cm³/mol. The molecule has 2 aromatic heterocycles. The molecule has 10 nitrogen and oxygen atoms in total. The summed E-state index contributed by atoms with van der Waals surface area (Å²) in [6, 6.07) is 8.26. The Balaban J connectivity index is 1.73. The summed E-state index contributed by atoms with van der Waals surface area (Å²) >= 11 is 0. The molecule has 0 aliphatic heterocycles. The van der Waals surface area contributed by atoms with Crippen LogP contribution in [0, 0.1) is 0 Å². The zero-order valence-electron chi connectivity index (χ0n) is 20.7. The smallest absolute Gasteiger partial charge is 0.240 e. The minimum atomic E-state index is -3.60. The molecule has 3 aromatic rings. The van der Waals surface area contributed by atoms with Gasteiger partial charge in [0.1, 0.15) is 12.4 Å². The normalized spacial score (nSPS) is 11.8. The zero-order valence-corrected chi connectivity index (χ0v) is 21.5. The minimum Gasteiger partial charge on any atom is -0.380 e. The average Bonchev–Trinajstić information content (AvgIpc) is 3.24. The third kappa shape index (κ3) is 7.56. The molecule has 0 saturated heterocycles. The fraction of sp³-hybridized carbons (Fsp3) is 0.458. The Morgan fingerprint density at radius 2 is 1.86 bits per heavy atom. The van der Waals surface area contributed by atoms with E-state index in [4.69, 9.17) is 9.47 Å². The van der Waals surface area contributed by atoms with Crippen molar-refractivity contribution in [3.05, 3.63) is 48.5 Å². The first-order valence-electron chi connectivity index (χ1n) is 11.8. The Morgan fingerprint density at radius 3 is 2.54 bits per heavy atom. The first kappa shape index (κ1) is 26.7. The van der Waals surface area contributed by atoms with E-state index >= 15 is 0 Å². The summed E-state index contributed by atoms with van der Waals surface area (Å²) in [4.78, 5) is 13.7. The number of rotatable bonds is 14. The molecule has 35 heavy (non-hydrogen) atoms. The van der Waals surface area contributed by atoms with Gasteiger partial charge in [-0.1, -0.05) is 6.92 Å². The van der Waals surface area contributed by atoms with Gasteiger partial charge in [-0.2, -0.15) is 0 Å². The average molecular weight is 503 g/mol. The summed E-state index contributed by atoms with van der Waals surface area (Å²) in [6.45, 7) is 10.3. The molecule has 0 aliphatic rings.